The highest BCUT2D eigenvalue weighted by Crippen LogP contribution is 2.34. The summed E-state index contributed by atoms with van der Waals surface area (Å²) in [5.74, 6) is 1.27. The summed E-state index contributed by atoms with van der Waals surface area (Å²) in [6, 6.07) is 37.9. The van der Waals surface area contributed by atoms with E-state index in [4.69, 9.17) is 14.2 Å². The van der Waals surface area contributed by atoms with Crippen molar-refractivity contribution in [2.45, 2.75) is 31.2 Å². The van der Waals surface area contributed by atoms with Crippen LogP contribution in [0.3, 0.4) is 0 Å². The number of aliphatic hydroxyl groups is 1. The van der Waals surface area contributed by atoms with Gasteiger partial charge in [-0.05, 0) is 41.0 Å². The molecule has 35 heavy (non-hydrogen) atoms. The van der Waals surface area contributed by atoms with E-state index >= 15 is 0 Å². The minimum absolute atomic E-state index is 0.163. The zero-order valence-corrected chi connectivity index (χ0v) is 20.0. The molecule has 4 rings (SSSR count). The van der Waals surface area contributed by atoms with Crippen molar-refractivity contribution in [2.24, 2.45) is 0 Å². The highest BCUT2D eigenvalue weighted by Gasteiger charge is 2.33. The van der Waals surface area contributed by atoms with Crippen molar-refractivity contribution in [2.75, 3.05) is 13.7 Å². The molecule has 0 aliphatic carbocycles. The summed E-state index contributed by atoms with van der Waals surface area (Å²) in [5.41, 5.74) is 3.28. The summed E-state index contributed by atoms with van der Waals surface area (Å²) >= 11 is 0. The summed E-state index contributed by atoms with van der Waals surface area (Å²) in [4.78, 5) is 0. The van der Waals surface area contributed by atoms with Gasteiger partial charge in [0.2, 0.25) is 0 Å². The molecule has 1 N–H and O–H groups in total. The topological polar surface area (TPSA) is 47.9 Å². The first kappa shape index (κ1) is 24.5. The fourth-order valence-corrected chi connectivity index (χ4v) is 4.21. The summed E-state index contributed by atoms with van der Waals surface area (Å²) in [7, 11) is 1.64. The van der Waals surface area contributed by atoms with E-state index < -0.39 is 12.2 Å². The van der Waals surface area contributed by atoms with E-state index in [-0.39, 0.29) is 5.92 Å². The Bertz CT molecular complexity index is 1080. The van der Waals surface area contributed by atoms with Gasteiger partial charge in [0.05, 0.1) is 19.8 Å². The largest absolute Gasteiger partial charge is 0.497 e. The Morgan fingerprint density at radius 3 is 1.71 bits per heavy atom. The molecule has 2 atom stereocenters. The Balaban J connectivity index is 1.57. The first-order valence-corrected chi connectivity index (χ1v) is 11.9. The predicted octanol–water partition coefficient (Wildman–Crippen LogP) is 6.24. The molecule has 0 bridgehead atoms. The van der Waals surface area contributed by atoms with Crippen molar-refractivity contribution < 1.29 is 19.3 Å². The zero-order valence-electron chi connectivity index (χ0n) is 20.0. The first-order valence-electron chi connectivity index (χ1n) is 11.9. The Morgan fingerprint density at radius 1 is 0.657 bits per heavy atom. The Hall–Kier alpha value is -3.60. The molecule has 1 unspecified atom stereocenters. The fourth-order valence-electron chi connectivity index (χ4n) is 4.21. The second-order valence-electron chi connectivity index (χ2n) is 8.45. The van der Waals surface area contributed by atoms with E-state index in [9.17, 15) is 5.11 Å². The molecule has 180 valence electrons. The third-order valence-electron chi connectivity index (χ3n) is 6.03. The number of aliphatic hydroxyl groups excluding tert-OH is 1. The molecule has 0 heterocycles. The average Bonchev–Trinajstić information content (AvgIpc) is 2.93. The second kappa shape index (κ2) is 12.7. The van der Waals surface area contributed by atoms with Gasteiger partial charge in [0, 0.05) is 18.9 Å². The SMILES string of the molecule is COc1ccc(O[C@H](C(O)CCOCc2ccccc2)C(c2ccccc2)c2ccccc2)cc1. The summed E-state index contributed by atoms with van der Waals surface area (Å²) < 4.78 is 17.7. The van der Waals surface area contributed by atoms with Crippen LogP contribution in [0.5, 0.6) is 11.5 Å². The lowest BCUT2D eigenvalue weighted by Gasteiger charge is -2.32. The molecule has 0 spiro atoms. The number of ether oxygens (including phenoxy) is 3. The van der Waals surface area contributed by atoms with Crippen LogP contribution in [0.1, 0.15) is 29.0 Å². The summed E-state index contributed by atoms with van der Waals surface area (Å²) in [5, 5.41) is 11.4. The third-order valence-corrected chi connectivity index (χ3v) is 6.03. The molecule has 0 radical (unpaired) electrons. The first-order chi connectivity index (χ1) is 17.2. The molecule has 0 aliphatic rings. The summed E-state index contributed by atoms with van der Waals surface area (Å²) in [6.07, 6.45) is -0.823. The standard InChI is InChI=1S/C31H32O4/c1-33-27-17-19-28(20-18-27)35-31(29(32)21-22-34-23-24-11-5-2-6-12-24)30(25-13-7-3-8-14-25)26-15-9-4-10-16-26/h2-20,29-32H,21-23H2,1H3/t29?,31-/m1/s1. The van der Waals surface area contributed by atoms with Crippen molar-refractivity contribution in [3.63, 3.8) is 0 Å². The number of rotatable bonds is 12. The van der Waals surface area contributed by atoms with Crippen molar-refractivity contribution in [1.82, 2.24) is 0 Å². The van der Waals surface area contributed by atoms with E-state index in [1.807, 2.05) is 91.0 Å². The van der Waals surface area contributed by atoms with Crippen LogP contribution in [-0.2, 0) is 11.3 Å². The van der Waals surface area contributed by atoms with Crippen LogP contribution in [0.4, 0.5) is 0 Å². The molecule has 0 amide bonds. The molecule has 0 aromatic heterocycles. The quantitative estimate of drug-likeness (QED) is 0.250. The normalized spacial score (nSPS) is 12.8. The molecule has 0 saturated carbocycles. The van der Waals surface area contributed by atoms with Crippen LogP contribution < -0.4 is 9.47 Å². The predicted molar refractivity (Wildman–Crippen MR) is 139 cm³/mol. The average molecular weight is 469 g/mol. The minimum atomic E-state index is -0.752. The maximum absolute atomic E-state index is 11.4. The van der Waals surface area contributed by atoms with Gasteiger partial charge in [0.15, 0.2) is 0 Å². The van der Waals surface area contributed by atoms with Crippen molar-refractivity contribution in [3.8, 4) is 11.5 Å². The van der Waals surface area contributed by atoms with E-state index in [1.165, 1.54) is 0 Å². The van der Waals surface area contributed by atoms with Gasteiger partial charge in [0.1, 0.15) is 17.6 Å². The van der Waals surface area contributed by atoms with Gasteiger partial charge in [-0.25, -0.2) is 0 Å². The Kier molecular flexibility index (Phi) is 8.93. The Morgan fingerprint density at radius 2 is 1.17 bits per heavy atom. The maximum atomic E-state index is 11.4. The molecule has 0 aliphatic heterocycles. The van der Waals surface area contributed by atoms with Gasteiger partial charge in [-0.15, -0.1) is 0 Å². The fraction of sp³-hybridized carbons (Fsp3) is 0.226. The zero-order chi connectivity index (χ0) is 24.3. The minimum Gasteiger partial charge on any atom is -0.497 e. The van der Waals surface area contributed by atoms with Crippen LogP contribution in [0, 0.1) is 0 Å². The second-order valence-corrected chi connectivity index (χ2v) is 8.45. The molecule has 4 heteroatoms. The van der Waals surface area contributed by atoms with Gasteiger partial charge < -0.3 is 19.3 Å². The highest BCUT2D eigenvalue weighted by molar-refractivity contribution is 5.36. The lowest BCUT2D eigenvalue weighted by Crippen LogP contribution is -2.38. The van der Waals surface area contributed by atoms with E-state index in [2.05, 4.69) is 24.3 Å². The molecule has 4 aromatic carbocycles. The number of methoxy groups -OCH3 is 1. The molecule has 0 saturated heterocycles. The van der Waals surface area contributed by atoms with Gasteiger partial charge in [-0.3, -0.25) is 0 Å². The van der Waals surface area contributed by atoms with Crippen molar-refractivity contribution in [1.29, 1.82) is 0 Å². The van der Waals surface area contributed by atoms with Gasteiger partial charge >= 0.3 is 0 Å². The molecular weight excluding hydrogens is 436 g/mol. The maximum Gasteiger partial charge on any atom is 0.135 e. The van der Waals surface area contributed by atoms with E-state index in [0.717, 1.165) is 22.4 Å². The monoisotopic (exact) mass is 468 g/mol. The number of hydrogen-bond donors (Lipinski definition) is 1. The smallest absolute Gasteiger partial charge is 0.135 e. The van der Waals surface area contributed by atoms with E-state index in [0.29, 0.717) is 25.4 Å². The Labute approximate surface area is 207 Å². The number of hydrogen-bond acceptors (Lipinski definition) is 4. The van der Waals surface area contributed by atoms with Gasteiger partial charge in [-0.1, -0.05) is 91.0 Å². The van der Waals surface area contributed by atoms with Crippen molar-refractivity contribution in [3.05, 3.63) is 132 Å². The summed E-state index contributed by atoms with van der Waals surface area (Å²) in [6.45, 7) is 0.938. The molecule has 4 nitrogen and oxygen atoms in total. The molecule has 4 aromatic rings. The van der Waals surface area contributed by atoms with E-state index in [1.54, 1.807) is 7.11 Å². The van der Waals surface area contributed by atoms with Crippen LogP contribution in [0.15, 0.2) is 115 Å². The van der Waals surface area contributed by atoms with Gasteiger partial charge in [0.25, 0.3) is 0 Å². The lowest BCUT2D eigenvalue weighted by molar-refractivity contribution is -0.00119. The van der Waals surface area contributed by atoms with Crippen LogP contribution in [-0.4, -0.2) is 31.0 Å². The third kappa shape index (κ3) is 6.95. The van der Waals surface area contributed by atoms with Crippen molar-refractivity contribution >= 4 is 0 Å². The molecule has 0 fully saturated rings. The van der Waals surface area contributed by atoms with Crippen LogP contribution in [0.2, 0.25) is 0 Å². The van der Waals surface area contributed by atoms with Crippen LogP contribution in [0.25, 0.3) is 0 Å². The number of benzene rings is 4. The van der Waals surface area contributed by atoms with Gasteiger partial charge in [-0.2, -0.15) is 0 Å². The lowest BCUT2D eigenvalue weighted by atomic mass is 9.83. The molecular formula is C31H32O4. The highest BCUT2D eigenvalue weighted by atomic mass is 16.5. The van der Waals surface area contributed by atoms with Crippen LogP contribution >= 0.6 is 0 Å².